The summed E-state index contributed by atoms with van der Waals surface area (Å²) in [7, 11) is 1.52. The van der Waals surface area contributed by atoms with Gasteiger partial charge in [-0.3, -0.25) is 4.79 Å². The normalized spacial score (nSPS) is 21.1. The summed E-state index contributed by atoms with van der Waals surface area (Å²) < 4.78 is 11.8. The maximum atomic E-state index is 12.1. The number of hydrogen-bond donors (Lipinski definition) is 2. The Balaban J connectivity index is 2.08. The third-order valence-electron chi connectivity index (χ3n) is 3.09. The second-order valence-corrected chi connectivity index (χ2v) is 6.19. The minimum absolute atomic E-state index is 0.332. The first-order chi connectivity index (χ1) is 9.92. The van der Waals surface area contributed by atoms with Crippen molar-refractivity contribution in [3.63, 3.8) is 0 Å². The molecule has 2 atom stereocenters. The van der Waals surface area contributed by atoms with Crippen LogP contribution in [0.5, 0.6) is 5.75 Å². The SMILES string of the molecule is COc1cc(NC(=O)[C@@H]2CC[C@H](C(=O)O)O2)c(Br)cc1Br. The largest absolute Gasteiger partial charge is 0.495 e. The van der Waals surface area contributed by atoms with Gasteiger partial charge in [-0.2, -0.15) is 0 Å². The molecule has 0 bridgehead atoms. The fourth-order valence-corrected chi connectivity index (χ4v) is 3.26. The van der Waals surface area contributed by atoms with Crippen molar-refractivity contribution in [2.45, 2.75) is 25.0 Å². The number of halogens is 2. The van der Waals surface area contributed by atoms with E-state index in [0.29, 0.717) is 28.8 Å². The van der Waals surface area contributed by atoms with Crippen LogP contribution in [0.15, 0.2) is 21.1 Å². The molecule has 1 aliphatic heterocycles. The quantitative estimate of drug-likeness (QED) is 0.779. The number of carboxylic acid groups (broad SMARTS) is 1. The number of hydrogen-bond acceptors (Lipinski definition) is 4. The first-order valence-corrected chi connectivity index (χ1v) is 7.73. The molecule has 0 saturated carbocycles. The van der Waals surface area contributed by atoms with E-state index < -0.39 is 18.2 Å². The molecule has 1 aromatic rings. The monoisotopic (exact) mass is 421 g/mol. The molecule has 0 aliphatic carbocycles. The lowest BCUT2D eigenvalue weighted by Crippen LogP contribution is -2.30. The molecule has 0 spiro atoms. The van der Waals surface area contributed by atoms with Gasteiger partial charge in [0.1, 0.15) is 11.9 Å². The van der Waals surface area contributed by atoms with Crippen molar-refractivity contribution >= 4 is 49.4 Å². The second-order valence-electron chi connectivity index (χ2n) is 4.48. The number of carbonyl (C=O) groups excluding carboxylic acids is 1. The summed E-state index contributed by atoms with van der Waals surface area (Å²) >= 11 is 6.69. The number of methoxy groups -OCH3 is 1. The van der Waals surface area contributed by atoms with Crippen molar-refractivity contribution < 1.29 is 24.2 Å². The Bertz CT molecular complexity index is 578. The predicted octanol–water partition coefficient (Wildman–Crippen LogP) is 2.79. The topological polar surface area (TPSA) is 84.9 Å². The maximum Gasteiger partial charge on any atom is 0.332 e. The number of carboxylic acids is 1. The van der Waals surface area contributed by atoms with Crippen LogP contribution in [0.1, 0.15) is 12.8 Å². The number of carbonyl (C=O) groups is 2. The summed E-state index contributed by atoms with van der Waals surface area (Å²) in [4.78, 5) is 22.9. The molecule has 6 nitrogen and oxygen atoms in total. The Morgan fingerprint density at radius 1 is 1.29 bits per heavy atom. The fraction of sp³-hybridized carbons (Fsp3) is 0.385. The summed E-state index contributed by atoms with van der Waals surface area (Å²) in [6, 6.07) is 3.42. The number of nitrogens with one attached hydrogen (secondary N) is 1. The zero-order chi connectivity index (χ0) is 15.6. The lowest BCUT2D eigenvalue weighted by Gasteiger charge is -2.14. The van der Waals surface area contributed by atoms with E-state index in [1.165, 1.54) is 7.11 Å². The molecule has 0 radical (unpaired) electrons. The molecule has 1 amide bonds. The molecule has 8 heteroatoms. The highest BCUT2D eigenvalue weighted by Crippen LogP contribution is 2.35. The molecule has 1 heterocycles. The van der Waals surface area contributed by atoms with Crippen molar-refractivity contribution in [2.24, 2.45) is 0 Å². The molecular formula is C13H13Br2NO5. The summed E-state index contributed by atoms with van der Waals surface area (Å²) in [6.45, 7) is 0. The summed E-state index contributed by atoms with van der Waals surface area (Å²) in [5.74, 6) is -0.843. The average Bonchev–Trinajstić information content (AvgIpc) is 2.91. The highest BCUT2D eigenvalue weighted by molar-refractivity contribution is 9.11. The van der Waals surface area contributed by atoms with Crippen LogP contribution in [0.25, 0.3) is 0 Å². The number of rotatable bonds is 4. The van der Waals surface area contributed by atoms with Crippen molar-refractivity contribution in [1.29, 1.82) is 0 Å². The maximum absolute atomic E-state index is 12.1. The van der Waals surface area contributed by atoms with Gasteiger partial charge in [-0.1, -0.05) is 0 Å². The van der Waals surface area contributed by atoms with E-state index in [1.807, 2.05) is 0 Å². The van der Waals surface area contributed by atoms with Gasteiger partial charge in [0.2, 0.25) is 0 Å². The van der Waals surface area contributed by atoms with E-state index in [9.17, 15) is 9.59 Å². The molecule has 1 saturated heterocycles. The van der Waals surface area contributed by atoms with Crippen LogP contribution in [-0.4, -0.2) is 36.3 Å². The van der Waals surface area contributed by atoms with Gasteiger partial charge in [0.15, 0.2) is 6.10 Å². The van der Waals surface area contributed by atoms with E-state index in [2.05, 4.69) is 37.2 Å². The standard InChI is InChI=1S/C13H13Br2NO5/c1-20-11-5-8(6(14)4-7(11)15)16-12(17)9-2-3-10(21-9)13(18)19/h4-5,9-10H,2-3H2,1H3,(H,16,17)(H,18,19)/t9-,10+/m0/s1. The van der Waals surface area contributed by atoms with Gasteiger partial charge in [0.25, 0.3) is 5.91 Å². The van der Waals surface area contributed by atoms with E-state index >= 15 is 0 Å². The lowest BCUT2D eigenvalue weighted by atomic mass is 10.2. The molecule has 21 heavy (non-hydrogen) atoms. The van der Waals surface area contributed by atoms with E-state index in [4.69, 9.17) is 14.6 Å². The van der Waals surface area contributed by atoms with Gasteiger partial charge in [-0.05, 0) is 50.8 Å². The average molecular weight is 423 g/mol. The number of aliphatic carboxylic acids is 1. The second kappa shape index (κ2) is 6.76. The van der Waals surface area contributed by atoms with E-state index in [1.54, 1.807) is 12.1 Å². The van der Waals surface area contributed by atoms with E-state index in [0.717, 1.165) is 4.47 Å². The van der Waals surface area contributed by atoms with Crippen LogP contribution in [-0.2, 0) is 14.3 Å². The highest BCUT2D eigenvalue weighted by atomic mass is 79.9. The van der Waals surface area contributed by atoms with Crippen molar-refractivity contribution in [3.8, 4) is 5.75 Å². The van der Waals surface area contributed by atoms with Gasteiger partial charge in [-0.15, -0.1) is 0 Å². The summed E-state index contributed by atoms with van der Waals surface area (Å²) in [5.41, 5.74) is 0.530. The Morgan fingerprint density at radius 3 is 2.52 bits per heavy atom. The molecule has 1 aliphatic rings. The van der Waals surface area contributed by atoms with Crippen LogP contribution in [0.2, 0.25) is 0 Å². The minimum atomic E-state index is -1.04. The Morgan fingerprint density at radius 2 is 1.95 bits per heavy atom. The number of ether oxygens (including phenoxy) is 2. The van der Waals surface area contributed by atoms with Crippen LogP contribution >= 0.6 is 31.9 Å². The predicted molar refractivity (Wildman–Crippen MR) is 82.6 cm³/mol. The van der Waals surface area contributed by atoms with Gasteiger partial charge in [-0.25, -0.2) is 4.79 Å². The molecule has 114 valence electrons. The minimum Gasteiger partial charge on any atom is -0.495 e. The fourth-order valence-electron chi connectivity index (χ4n) is 2.01. The van der Waals surface area contributed by atoms with Gasteiger partial charge in [0, 0.05) is 10.5 Å². The number of benzene rings is 1. The third kappa shape index (κ3) is 3.75. The molecule has 1 fully saturated rings. The highest BCUT2D eigenvalue weighted by Gasteiger charge is 2.34. The first-order valence-electron chi connectivity index (χ1n) is 6.14. The first kappa shape index (κ1) is 16.3. The Labute approximate surface area is 138 Å². The lowest BCUT2D eigenvalue weighted by molar-refractivity contribution is -0.150. The van der Waals surface area contributed by atoms with Crippen LogP contribution < -0.4 is 10.1 Å². The zero-order valence-electron chi connectivity index (χ0n) is 11.1. The van der Waals surface area contributed by atoms with E-state index in [-0.39, 0.29) is 5.91 Å². The van der Waals surface area contributed by atoms with Crippen LogP contribution in [0.4, 0.5) is 5.69 Å². The summed E-state index contributed by atoms with van der Waals surface area (Å²) in [5, 5.41) is 11.6. The molecule has 2 rings (SSSR count). The third-order valence-corrected chi connectivity index (χ3v) is 4.36. The van der Waals surface area contributed by atoms with Gasteiger partial charge < -0.3 is 19.9 Å². The zero-order valence-corrected chi connectivity index (χ0v) is 14.2. The molecule has 0 unspecified atom stereocenters. The Kier molecular flexibility index (Phi) is 5.23. The van der Waals surface area contributed by atoms with Crippen LogP contribution in [0.3, 0.4) is 0 Å². The van der Waals surface area contributed by atoms with Crippen molar-refractivity contribution in [1.82, 2.24) is 0 Å². The smallest absolute Gasteiger partial charge is 0.332 e. The molecule has 0 aromatic heterocycles. The number of amides is 1. The van der Waals surface area contributed by atoms with Gasteiger partial charge in [0.05, 0.1) is 17.3 Å². The van der Waals surface area contributed by atoms with Crippen LogP contribution in [0, 0.1) is 0 Å². The molecule has 1 aromatic carbocycles. The summed E-state index contributed by atoms with van der Waals surface area (Å²) in [6.07, 6.45) is -0.955. The Hall–Kier alpha value is -1.12. The molecular weight excluding hydrogens is 410 g/mol. The number of anilines is 1. The van der Waals surface area contributed by atoms with Crippen molar-refractivity contribution in [2.75, 3.05) is 12.4 Å². The molecule has 2 N–H and O–H groups in total. The van der Waals surface area contributed by atoms with Gasteiger partial charge >= 0.3 is 5.97 Å². The van der Waals surface area contributed by atoms with Crippen molar-refractivity contribution in [3.05, 3.63) is 21.1 Å².